The topological polar surface area (TPSA) is 138 Å². The van der Waals surface area contributed by atoms with E-state index in [1.807, 2.05) is 0 Å². The molecule has 200 valence electrons. The van der Waals surface area contributed by atoms with Crippen molar-refractivity contribution in [2.75, 3.05) is 12.4 Å². The van der Waals surface area contributed by atoms with E-state index in [9.17, 15) is 27.9 Å². The van der Waals surface area contributed by atoms with Crippen molar-refractivity contribution in [3.8, 4) is 11.5 Å². The number of aromatic nitrogens is 3. The predicted molar refractivity (Wildman–Crippen MR) is 129 cm³/mol. The van der Waals surface area contributed by atoms with E-state index in [0.717, 1.165) is 12.1 Å². The molecule has 4 rings (SSSR count). The van der Waals surface area contributed by atoms with E-state index in [4.69, 9.17) is 4.74 Å². The van der Waals surface area contributed by atoms with E-state index in [0.29, 0.717) is 24.5 Å². The number of amides is 2. The lowest BCUT2D eigenvalue weighted by atomic mass is 10.1. The number of ether oxygens (including phenoxy) is 1. The number of halogens is 3. The van der Waals surface area contributed by atoms with Gasteiger partial charge in [0.2, 0.25) is 11.9 Å². The molecule has 2 amide bonds. The third-order valence-electron chi connectivity index (χ3n) is 5.92. The first kappa shape index (κ1) is 26.8. The number of aliphatic hydroxyl groups is 1. The number of alkyl halides is 3. The number of hydrogen-bond donors (Lipinski definition) is 4. The van der Waals surface area contributed by atoms with Crippen LogP contribution in [0.4, 0.5) is 19.1 Å². The van der Waals surface area contributed by atoms with E-state index in [2.05, 4.69) is 30.9 Å². The minimum atomic E-state index is -4.69. The largest absolute Gasteiger partial charge is 0.455 e. The van der Waals surface area contributed by atoms with Gasteiger partial charge in [0.1, 0.15) is 17.0 Å². The number of rotatable bonds is 9. The van der Waals surface area contributed by atoms with Crippen LogP contribution in [0.3, 0.4) is 0 Å². The van der Waals surface area contributed by atoms with E-state index in [1.54, 1.807) is 7.05 Å². The molecule has 3 aromatic rings. The second-order valence-electron chi connectivity index (χ2n) is 8.78. The van der Waals surface area contributed by atoms with Crippen LogP contribution < -0.4 is 20.7 Å². The molecule has 0 spiro atoms. The van der Waals surface area contributed by atoms with Gasteiger partial charge in [-0.15, -0.1) is 0 Å². The molecule has 1 fully saturated rings. The lowest BCUT2D eigenvalue weighted by molar-refractivity contribution is -0.138. The lowest BCUT2D eigenvalue weighted by Crippen LogP contribution is -2.48. The standard InChI is InChI=1S/C25H25F3N6O4/c1-14(35)15-3-6-20(19(9-15)25(26,27)28)38-18-5-4-17(30-13-18)12-31-22(37)24(7-8-24)34-21(36)16-10-32-23(29-2)33-11-16/h3-6,9-11,13-14,35H,7-8,12H2,1-2H3,(H,31,37)(H,34,36)(H,29,32,33). The second kappa shape index (κ2) is 10.6. The molecule has 0 saturated heterocycles. The fourth-order valence-electron chi connectivity index (χ4n) is 3.56. The maximum Gasteiger partial charge on any atom is 0.419 e. The Labute approximate surface area is 215 Å². The van der Waals surface area contributed by atoms with Crippen LogP contribution >= 0.6 is 0 Å². The zero-order valence-electron chi connectivity index (χ0n) is 20.5. The van der Waals surface area contributed by atoms with Gasteiger partial charge in [0, 0.05) is 19.4 Å². The Bertz CT molecular complexity index is 1310. The van der Waals surface area contributed by atoms with E-state index < -0.39 is 35.0 Å². The monoisotopic (exact) mass is 530 g/mol. The maximum absolute atomic E-state index is 13.5. The minimum Gasteiger partial charge on any atom is -0.455 e. The zero-order chi connectivity index (χ0) is 27.5. The predicted octanol–water partition coefficient (Wildman–Crippen LogP) is 3.36. The molecule has 1 aromatic carbocycles. The summed E-state index contributed by atoms with van der Waals surface area (Å²) < 4.78 is 45.9. The first-order valence-electron chi connectivity index (χ1n) is 11.6. The maximum atomic E-state index is 13.5. The van der Waals surface area contributed by atoms with Gasteiger partial charge in [-0.25, -0.2) is 9.97 Å². The van der Waals surface area contributed by atoms with Crippen LogP contribution in [0.5, 0.6) is 11.5 Å². The Morgan fingerprint density at radius 3 is 2.37 bits per heavy atom. The van der Waals surface area contributed by atoms with Crippen molar-refractivity contribution in [3.05, 3.63) is 71.3 Å². The summed E-state index contributed by atoms with van der Waals surface area (Å²) in [6.45, 7) is 1.40. The van der Waals surface area contributed by atoms with Crippen molar-refractivity contribution >= 4 is 17.8 Å². The van der Waals surface area contributed by atoms with Crippen molar-refractivity contribution in [3.63, 3.8) is 0 Å². The van der Waals surface area contributed by atoms with Gasteiger partial charge in [0.05, 0.1) is 35.7 Å². The highest BCUT2D eigenvalue weighted by molar-refractivity contribution is 6.00. The molecule has 1 unspecified atom stereocenters. The zero-order valence-corrected chi connectivity index (χ0v) is 20.5. The third kappa shape index (κ3) is 6.17. The van der Waals surface area contributed by atoms with Gasteiger partial charge in [0.25, 0.3) is 5.91 Å². The molecule has 0 bridgehead atoms. The summed E-state index contributed by atoms with van der Waals surface area (Å²) in [6.07, 6.45) is -0.860. The number of nitrogens with zero attached hydrogens (tertiary/aromatic N) is 3. The van der Waals surface area contributed by atoms with Gasteiger partial charge in [-0.1, -0.05) is 6.07 Å². The molecule has 1 atom stereocenters. The lowest BCUT2D eigenvalue weighted by Gasteiger charge is -2.17. The Kier molecular flexibility index (Phi) is 7.49. The smallest absolute Gasteiger partial charge is 0.419 e. The van der Waals surface area contributed by atoms with E-state index >= 15 is 0 Å². The van der Waals surface area contributed by atoms with Crippen molar-refractivity contribution in [2.24, 2.45) is 0 Å². The summed E-state index contributed by atoms with van der Waals surface area (Å²) >= 11 is 0. The number of nitrogens with one attached hydrogen (secondary N) is 3. The highest BCUT2D eigenvalue weighted by Gasteiger charge is 2.51. The van der Waals surface area contributed by atoms with Crippen molar-refractivity contribution in [1.29, 1.82) is 0 Å². The molecular weight excluding hydrogens is 505 g/mol. The van der Waals surface area contributed by atoms with Gasteiger partial charge in [-0.05, 0) is 49.6 Å². The van der Waals surface area contributed by atoms with Crippen molar-refractivity contribution < 1.29 is 32.6 Å². The number of carbonyl (C=O) groups excluding carboxylic acids is 2. The normalized spacial score (nSPS) is 14.8. The van der Waals surface area contributed by atoms with Crippen LogP contribution in [-0.2, 0) is 17.5 Å². The Morgan fingerprint density at radius 1 is 1.11 bits per heavy atom. The summed E-state index contributed by atoms with van der Waals surface area (Å²) in [5, 5.41) is 17.8. The first-order chi connectivity index (χ1) is 18.0. The van der Waals surface area contributed by atoms with Gasteiger partial charge in [0.15, 0.2) is 0 Å². The second-order valence-corrected chi connectivity index (χ2v) is 8.78. The van der Waals surface area contributed by atoms with Crippen LogP contribution in [0.1, 0.15) is 53.0 Å². The average molecular weight is 531 g/mol. The fourth-order valence-corrected chi connectivity index (χ4v) is 3.56. The minimum absolute atomic E-state index is 0.0353. The molecule has 2 aromatic heterocycles. The molecular formula is C25H25F3N6O4. The Balaban J connectivity index is 1.35. The number of hydrogen-bond acceptors (Lipinski definition) is 8. The summed E-state index contributed by atoms with van der Waals surface area (Å²) in [5.41, 5.74) is -1.29. The Morgan fingerprint density at radius 2 is 1.82 bits per heavy atom. The van der Waals surface area contributed by atoms with Crippen molar-refractivity contribution in [2.45, 2.75) is 44.1 Å². The van der Waals surface area contributed by atoms with Gasteiger partial charge < -0.3 is 25.8 Å². The van der Waals surface area contributed by atoms with Crippen LogP contribution in [0.2, 0.25) is 0 Å². The highest BCUT2D eigenvalue weighted by Crippen LogP contribution is 2.39. The van der Waals surface area contributed by atoms with Crippen LogP contribution in [0.25, 0.3) is 0 Å². The fraction of sp³-hybridized carbons (Fsp3) is 0.320. The third-order valence-corrected chi connectivity index (χ3v) is 5.92. The Hall–Kier alpha value is -4.26. The van der Waals surface area contributed by atoms with Crippen LogP contribution in [0.15, 0.2) is 48.9 Å². The van der Waals surface area contributed by atoms with E-state index in [-0.39, 0.29) is 29.3 Å². The summed E-state index contributed by atoms with van der Waals surface area (Å²) in [4.78, 5) is 37.3. The molecule has 38 heavy (non-hydrogen) atoms. The number of benzene rings is 1. The van der Waals surface area contributed by atoms with Gasteiger partial charge in [-0.3, -0.25) is 14.6 Å². The number of anilines is 1. The first-order valence-corrected chi connectivity index (χ1v) is 11.6. The van der Waals surface area contributed by atoms with Gasteiger partial charge >= 0.3 is 6.18 Å². The van der Waals surface area contributed by atoms with E-state index in [1.165, 1.54) is 43.7 Å². The quantitative estimate of drug-likeness (QED) is 0.331. The summed E-state index contributed by atoms with van der Waals surface area (Å²) in [5.74, 6) is -0.859. The molecule has 13 heteroatoms. The average Bonchev–Trinajstić information content (AvgIpc) is 3.68. The highest BCUT2D eigenvalue weighted by atomic mass is 19.4. The molecule has 0 aliphatic heterocycles. The molecule has 2 heterocycles. The number of carbonyl (C=O) groups is 2. The van der Waals surface area contributed by atoms with Crippen LogP contribution in [-0.4, -0.2) is 44.5 Å². The van der Waals surface area contributed by atoms with Gasteiger partial charge in [-0.2, -0.15) is 13.2 Å². The molecule has 4 N–H and O–H groups in total. The molecule has 0 radical (unpaired) electrons. The molecule has 10 nitrogen and oxygen atoms in total. The van der Waals surface area contributed by atoms with Crippen LogP contribution in [0, 0.1) is 0 Å². The molecule has 1 aliphatic rings. The van der Waals surface area contributed by atoms with Crippen molar-refractivity contribution in [1.82, 2.24) is 25.6 Å². The number of aliphatic hydroxyl groups excluding tert-OH is 1. The molecule has 1 saturated carbocycles. The summed E-state index contributed by atoms with van der Waals surface area (Å²) in [7, 11) is 1.65. The SMILES string of the molecule is CNc1ncc(C(=O)NC2(C(=O)NCc3ccc(Oc4ccc(C(C)O)cc4C(F)(F)F)cn3)CC2)cn1. The number of pyridine rings is 1. The summed E-state index contributed by atoms with van der Waals surface area (Å²) in [6, 6.07) is 6.27. The molecule has 1 aliphatic carbocycles.